The monoisotopic (exact) mass is 277 g/mol. The van der Waals surface area contributed by atoms with Gasteiger partial charge in [-0.1, -0.05) is 32.0 Å². The van der Waals surface area contributed by atoms with Crippen LogP contribution < -0.4 is 10.1 Å². The summed E-state index contributed by atoms with van der Waals surface area (Å²) in [5.74, 6) is 0.460. The molecule has 0 bridgehead atoms. The lowest BCUT2D eigenvalue weighted by Gasteiger charge is -2.17. The van der Waals surface area contributed by atoms with E-state index in [2.05, 4.69) is 25.2 Å². The van der Waals surface area contributed by atoms with Crippen molar-refractivity contribution in [2.45, 2.75) is 51.1 Å². The molecule has 2 N–H and O–H groups in total. The van der Waals surface area contributed by atoms with Gasteiger partial charge in [0.2, 0.25) is 0 Å². The minimum Gasteiger partial charge on any atom is -0.493 e. The molecule has 4 nitrogen and oxygen atoms in total. The van der Waals surface area contributed by atoms with Crippen molar-refractivity contribution in [3.8, 4) is 5.75 Å². The number of carboxylic acids is 1. The summed E-state index contributed by atoms with van der Waals surface area (Å²) in [6.45, 7) is 4.66. The average molecular weight is 277 g/mol. The number of hydrogen-bond donors (Lipinski definition) is 2. The lowest BCUT2D eigenvalue weighted by molar-refractivity contribution is -0.139. The first kappa shape index (κ1) is 14.9. The van der Waals surface area contributed by atoms with Crippen molar-refractivity contribution < 1.29 is 14.6 Å². The van der Waals surface area contributed by atoms with Crippen molar-refractivity contribution in [2.75, 3.05) is 6.61 Å². The molecule has 0 saturated heterocycles. The quantitative estimate of drug-likeness (QED) is 0.767. The van der Waals surface area contributed by atoms with Gasteiger partial charge in [0.1, 0.15) is 11.8 Å². The third-order valence-electron chi connectivity index (χ3n) is 3.52. The third-order valence-corrected chi connectivity index (χ3v) is 3.52. The number of carbonyl (C=O) groups is 1. The Kier molecular flexibility index (Phi) is 5.01. The molecule has 2 rings (SSSR count). The summed E-state index contributed by atoms with van der Waals surface area (Å²) >= 11 is 0. The Balaban J connectivity index is 1.86. The number of rotatable bonds is 8. The summed E-state index contributed by atoms with van der Waals surface area (Å²) in [7, 11) is 0. The first-order chi connectivity index (χ1) is 9.58. The fraction of sp³-hybridized carbons (Fsp3) is 0.562. The highest BCUT2D eigenvalue weighted by Crippen LogP contribution is 2.26. The molecule has 0 aliphatic heterocycles. The number of ether oxygens (including phenoxy) is 1. The van der Waals surface area contributed by atoms with Crippen LogP contribution in [0.4, 0.5) is 0 Å². The fourth-order valence-corrected chi connectivity index (χ4v) is 2.19. The van der Waals surface area contributed by atoms with E-state index in [4.69, 9.17) is 4.74 Å². The molecular weight excluding hydrogens is 254 g/mol. The molecule has 0 amide bonds. The van der Waals surface area contributed by atoms with Crippen LogP contribution >= 0.6 is 0 Å². The zero-order chi connectivity index (χ0) is 14.5. The first-order valence-corrected chi connectivity index (χ1v) is 7.28. The molecule has 1 atom stereocenters. The molecule has 0 spiro atoms. The van der Waals surface area contributed by atoms with E-state index in [-0.39, 0.29) is 0 Å². The number of benzene rings is 1. The average Bonchev–Trinajstić information content (AvgIpc) is 3.21. The molecule has 4 heteroatoms. The minimum absolute atomic E-state index is 0.388. The number of carboxylic acid groups (broad SMARTS) is 1. The van der Waals surface area contributed by atoms with Crippen LogP contribution in [0.3, 0.4) is 0 Å². The van der Waals surface area contributed by atoms with Crippen LogP contribution in [0.2, 0.25) is 0 Å². The van der Waals surface area contributed by atoms with Gasteiger partial charge in [0.05, 0.1) is 6.61 Å². The van der Waals surface area contributed by atoms with Gasteiger partial charge in [-0.2, -0.15) is 0 Å². The molecule has 110 valence electrons. The Bertz CT molecular complexity index is 455. The van der Waals surface area contributed by atoms with Crippen LogP contribution in [0.15, 0.2) is 24.3 Å². The highest BCUT2D eigenvalue weighted by atomic mass is 16.5. The highest BCUT2D eigenvalue weighted by Gasteiger charge is 2.28. The van der Waals surface area contributed by atoms with Crippen LogP contribution in [-0.4, -0.2) is 29.8 Å². The van der Waals surface area contributed by atoms with E-state index in [1.807, 2.05) is 18.2 Å². The SMILES string of the molecule is CC(C)c1ccccc1OCCC(NC1CC1)C(=O)O. The van der Waals surface area contributed by atoms with E-state index in [1.165, 1.54) is 0 Å². The molecule has 1 aromatic rings. The molecule has 0 aromatic heterocycles. The fourth-order valence-electron chi connectivity index (χ4n) is 2.19. The van der Waals surface area contributed by atoms with Crippen molar-refractivity contribution in [3.63, 3.8) is 0 Å². The van der Waals surface area contributed by atoms with Crippen LogP contribution in [0, 0.1) is 0 Å². The Hall–Kier alpha value is -1.55. The number of aliphatic carboxylic acids is 1. The van der Waals surface area contributed by atoms with Gasteiger partial charge in [-0.05, 0) is 30.4 Å². The molecule has 1 aliphatic rings. The van der Waals surface area contributed by atoms with E-state index in [0.29, 0.717) is 25.0 Å². The zero-order valence-corrected chi connectivity index (χ0v) is 12.1. The summed E-state index contributed by atoms with van der Waals surface area (Å²) in [6, 6.07) is 7.82. The van der Waals surface area contributed by atoms with Gasteiger partial charge in [0, 0.05) is 12.5 Å². The van der Waals surface area contributed by atoms with Crippen molar-refractivity contribution in [3.05, 3.63) is 29.8 Å². The van der Waals surface area contributed by atoms with E-state index >= 15 is 0 Å². The van der Waals surface area contributed by atoms with Gasteiger partial charge in [-0.15, -0.1) is 0 Å². The predicted octanol–water partition coefficient (Wildman–Crippen LogP) is 2.78. The maximum Gasteiger partial charge on any atom is 0.320 e. The second-order valence-electron chi connectivity index (χ2n) is 5.66. The lowest BCUT2D eigenvalue weighted by atomic mass is 10.0. The van der Waals surface area contributed by atoms with Gasteiger partial charge in [-0.3, -0.25) is 4.79 Å². The molecular formula is C16H23NO3. The molecule has 1 unspecified atom stereocenters. The molecule has 1 saturated carbocycles. The number of hydrogen-bond acceptors (Lipinski definition) is 3. The second-order valence-corrected chi connectivity index (χ2v) is 5.66. The van der Waals surface area contributed by atoms with Gasteiger partial charge in [0.25, 0.3) is 0 Å². The molecule has 1 aromatic carbocycles. The standard InChI is InChI=1S/C16H23NO3/c1-11(2)13-5-3-4-6-15(13)20-10-9-14(16(18)19)17-12-7-8-12/h3-6,11-12,14,17H,7-10H2,1-2H3,(H,18,19). The van der Waals surface area contributed by atoms with E-state index in [1.54, 1.807) is 0 Å². The normalized spacial score (nSPS) is 16.1. The van der Waals surface area contributed by atoms with Gasteiger partial charge in [-0.25, -0.2) is 0 Å². The van der Waals surface area contributed by atoms with E-state index < -0.39 is 12.0 Å². The second kappa shape index (κ2) is 6.75. The molecule has 0 radical (unpaired) electrons. The Morgan fingerprint density at radius 1 is 1.40 bits per heavy atom. The van der Waals surface area contributed by atoms with Gasteiger partial charge >= 0.3 is 5.97 Å². The highest BCUT2D eigenvalue weighted by molar-refractivity contribution is 5.73. The summed E-state index contributed by atoms with van der Waals surface area (Å²) in [5.41, 5.74) is 1.16. The Labute approximate surface area is 120 Å². The minimum atomic E-state index is -0.794. The van der Waals surface area contributed by atoms with Gasteiger partial charge < -0.3 is 15.2 Å². The van der Waals surface area contributed by atoms with Crippen LogP contribution in [0.1, 0.15) is 44.6 Å². The van der Waals surface area contributed by atoms with E-state index in [0.717, 1.165) is 24.2 Å². The Morgan fingerprint density at radius 3 is 2.70 bits per heavy atom. The largest absolute Gasteiger partial charge is 0.493 e. The van der Waals surface area contributed by atoms with Crippen molar-refractivity contribution in [1.29, 1.82) is 0 Å². The topological polar surface area (TPSA) is 58.6 Å². The van der Waals surface area contributed by atoms with Crippen LogP contribution in [0.5, 0.6) is 5.75 Å². The Morgan fingerprint density at radius 2 is 2.10 bits per heavy atom. The smallest absolute Gasteiger partial charge is 0.320 e. The van der Waals surface area contributed by atoms with Crippen molar-refractivity contribution in [2.24, 2.45) is 0 Å². The van der Waals surface area contributed by atoms with Crippen molar-refractivity contribution in [1.82, 2.24) is 5.32 Å². The maximum absolute atomic E-state index is 11.2. The molecule has 1 aliphatic carbocycles. The summed E-state index contributed by atoms with van der Waals surface area (Å²) < 4.78 is 5.78. The number of para-hydroxylation sites is 1. The molecule has 0 heterocycles. The zero-order valence-electron chi connectivity index (χ0n) is 12.1. The summed E-state index contributed by atoms with van der Waals surface area (Å²) in [6.07, 6.45) is 2.65. The maximum atomic E-state index is 11.2. The summed E-state index contributed by atoms with van der Waals surface area (Å²) in [4.78, 5) is 11.2. The number of nitrogens with one attached hydrogen (secondary N) is 1. The summed E-state index contributed by atoms with van der Waals surface area (Å²) in [5, 5.41) is 12.3. The van der Waals surface area contributed by atoms with Crippen molar-refractivity contribution >= 4 is 5.97 Å². The molecule has 1 fully saturated rings. The third kappa shape index (κ3) is 4.23. The van der Waals surface area contributed by atoms with Gasteiger partial charge in [0.15, 0.2) is 0 Å². The van der Waals surface area contributed by atoms with E-state index in [9.17, 15) is 9.90 Å². The van der Waals surface area contributed by atoms with Crippen LogP contribution in [-0.2, 0) is 4.79 Å². The van der Waals surface area contributed by atoms with Crippen LogP contribution in [0.25, 0.3) is 0 Å². The first-order valence-electron chi connectivity index (χ1n) is 7.28. The molecule has 20 heavy (non-hydrogen) atoms. The lowest BCUT2D eigenvalue weighted by Crippen LogP contribution is -2.39. The predicted molar refractivity (Wildman–Crippen MR) is 78.2 cm³/mol.